The number of aromatic nitrogens is 2. The SMILES string of the molecule is Cc1csc(-c2nc(N)no2)c1Cl. The monoisotopic (exact) mass is 215 g/mol. The summed E-state index contributed by atoms with van der Waals surface area (Å²) in [7, 11) is 0. The Balaban J connectivity index is 2.52. The summed E-state index contributed by atoms with van der Waals surface area (Å²) in [5.74, 6) is 0.498. The summed E-state index contributed by atoms with van der Waals surface area (Å²) in [6.07, 6.45) is 0. The van der Waals surface area contributed by atoms with Gasteiger partial charge in [0.15, 0.2) is 0 Å². The van der Waals surface area contributed by atoms with Gasteiger partial charge in [-0.3, -0.25) is 0 Å². The van der Waals surface area contributed by atoms with E-state index in [1.807, 2.05) is 12.3 Å². The van der Waals surface area contributed by atoms with Gasteiger partial charge >= 0.3 is 0 Å². The highest BCUT2D eigenvalue weighted by Gasteiger charge is 2.14. The van der Waals surface area contributed by atoms with Crippen molar-refractivity contribution in [3.8, 4) is 10.8 Å². The summed E-state index contributed by atoms with van der Waals surface area (Å²) in [6.45, 7) is 1.92. The minimum atomic E-state index is 0.122. The molecule has 13 heavy (non-hydrogen) atoms. The van der Waals surface area contributed by atoms with Crippen LogP contribution in [0.5, 0.6) is 0 Å². The van der Waals surface area contributed by atoms with Crippen LogP contribution in [-0.4, -0.2) is 10.1 Å². The Morgan fingerprint density at radius 3 is 2.85 bits per heavy atom. The van der Waals surface area contributed by atoms with E-state index >= 15 is 0 Å². The first-order chi connectivity index (χ1) is 6.18. The Morgan fingerprint density at radius 1 is 1.62 bits per heavy atom. The average molecular weight is 216 g/mol. The van der Waals surface area contributed by atoms with Crippen LogP contribution in [0.1, 0.15) is 5.56 Å². The van der Waals surface area contributed by atoms with Crippen LogP contribution in [0.2, 0.25) is 5.02 Å². The fourth-order valence-corrected chi connectivity index (χ4v) is 2.10. The van der Waals surface area contributed by atoms with E-state index < -0.39 is 0 Å². The van der Waals surface area contributed by atoms with Gasteiger partial charge in [0.2, 0.25) is 0 Å². The van der Waals surface area contributed by atoms with Crippen molar-refractivity contribution in [2.45, 2.75) is 6.92 Å². The number of nitrogen functional groups attached to an aromatic ring is 1. The van der Waals surface area contributed by atoms with Crippen molar-refractivity contribution in [3.05, 3.63) is 16.0 Å². The molecule has 68 valence electrons. The van der Waals surface area contributed by atoms with Crippen LogP contribution in [0, 0.1) is 6.92 Å². The van der Waals surface area contributed by atoms with E-state index in [9.17, 15) is 0 Å². The van der Waals surface area contributed by atoms with Crippen LogP contribution >= 0.6 is 22.9 Å². The second-order valence-electron chi connectivity index (χ2n) is 2.52. The highest BCUT2D eigenvalue weighted by Crippen LogP contribution is 2.35. The number of thiophene rings is 1. The second kappa shape index (κ2) is 3.01. The van der Waals surface area contributed by atoms with Crippen LogP contribution in [0.3, 0.4) is 0 Å². The zero-order chi connectivity index (χ0) is 9.42. The Bertz CT molecular complexity index is 437. The van der Waals surface area contributed by atoms with Gasteiger partial charge in [0.1, 0.15) is 4.88 Å². The van der Waals surface area contributed by atoms with Gasteiger partial charge in [-0.05, 0) is 23.0 Å². The molecule has 0 saturated heterocycles. The number of halogens is 1. The number of hydrogen-bond acceptors (Lipinski definition) is 5. The molecule has 2 aromatic heterocycles. The quantitative estimate of drug-likeness (QED) is 0.793. The largest absolute Gasteiger partial charge is 0.365 e. The lowest BCUT2D eigenvalue weighted by molar-refractivity contribution is 0.434. The first kappa shape index (κ1) is 8.52. The molecule has 2 rings (SSSR count). The molecule has 0 fully saturated rings. The Hall–Kier alpha value is -1.07. The van der Waals surface area contributed by atoms with Crippen molar-refractivity contribution >= 4 is 28.9 Å². The molecule has 0 aliphatic rings. The highest BCUT2D eigenvalue weighted by atomic mass is 35.5. The van der Waals surface area contributed by atoms with Crippen molar-refractivity contribution in [1.29, 1.82) is 0 Å². The molecule has 0 aliphatic heterocycles. The smallest absolute Gasteiger partial charge is 0.271 e. The molecule has 2 aromatic rings. The molecule has 0 bridgehead atoms. The van der Waals surface area contributed by atoms with Crippen LogP contribution in [0.15, 0.2) is 9.90 Å². The number of nitrogens with two attached hydrogens (primary N) is 1. The summed E-state index contributed by atoms with van der Waals surface area (Å²) in [5.41, 5.74) is 6.32. The summed E-state index contributed by atoms with van der Waals surface area (Å²) in [4.78, 5) is 4.65. The van der Waals surface area contributed by atoms with Gasteiger partial charge in [-0.1, -0.05) is 11.6 Å². The second-order valence-corrected chi connectivity index (χ2v) is 3.78. The molecular weight excluding hydrogens is 210 g/mol. The molecule has 0 radical (unpaired) electrons. The van der Waals surface area contributed by atoms with Gasteiger partial charge in [-0.25, -0.2) is 0 Å². The molecular formula is C7H6ClN3OS. The van der Waals surface area contributed by atoms with E-state index in [0.717, 1.165) is 10.4 Å². The average Bonchev–Trinajstić information content (AvgIpc) is 2.62. The van der Waals surface area contributed by atoms with E-state index in [-0.39, 0.29) is 5.95 Å². The fraction of sp³-hybridized carbons (Fsp3) is 0.143. The van der Waals surface area contributed by atoms with Crippen molar-refractivity contribution < 1.29 is 4.52 Å². The number of hydrogen-bond donors (Lipinski definition) is 1. The van der Waals surface area contributed by atoms with Gasteiger partial charge in [-0.2, -0.15) is 4.98 Å². The zero-order valence-corrected chi connectivity index (χ0v) is 8.32. The highest BCUT2D eigenvalue weighted by molar-refractivity contribution is 7.14. The first-order valence-electron chi connectivity index (χ1n) is 3.51. The standard InChI is InChI=1S/C7H6ClN3OS/c1-3-2-13-5(4(3)8)6-10-7(9)11-12-6/h2H,1H3,(H2,9,11). The molecule has 6 heteroatoms. The summed E-state index contributed by atoms with van der Waals surface area (Å²) < 4.78 is 4.88. The van der Waals surface area contributed by atoms with Gasteiger partial charge in [0.05, 0.1) is 5.02 Å². The van der Waals surface area contributed by atoms with Gasteiger partial charge < -0.3 is 10.3 Å². The van der Waals surface area contributed by atoms with Crippen molar-refractivity contribution in [2.75, 3.05) is 5.73 Å². The fourth-order valence-electron chi connectivity index (χ4n) is 0.901. The van der Waals surface area contributed by atoms with Crippen LogP contribution in [0.25, 0.3) is 10.8 Å². The van der Waals surface area contributed by atoms with Crippen molar-refractivity contribution in [3.63, 3.8) is 0 Å². The van der Waals surface area contributed by atoms with E-state index in [1.165, 1.54) is 11.3 Å². The van der Waals surface area contributed by atoms with Crippen LogP contribution < -0.4 is 5.73 Å². The summed E-state index contributed by atoms with van der Waals surface area (Å²) in [6, 6.07) is 0. The molecule has 0 atom stereocenters. The van der Waals surface area contributed by atoms with E-state index in [0.29, 0.717) is 10.9 Å². The summed E-state index contributed by atoms with van der Waals surface area (Å²) in [5, 5.41) is 6.06. The van der Waals surface area contributed by atoms with Gasteiger partial charge in [-0.15, -0.1) is 11.3 Å². The van der Waals surface area contributed by atoms with E-state index in [1.54, 1.807) is 0 Å². The Labute approximate surface area is 83.3 Å². The van der Waals surface area contributed by atoms with Crippen LogP contribution in [0.4, 0.5) is 5.95 Å². The maximum Gasteiger partial charge on any atom is 0.271 e. The zero-order valence-electron chi connectivity index (χ0n) is 6.74. The van der Waals surface area contributed by atoms with Crippen molar-refractivity contribution in [1.82, 2.24) is 10.1 Å². The van der Waals surface area contributed by atoms with Crippen LogP contribution in [-0.2, 0) is 0 Å². The van der Waals surface area contributed by atoms with E-state index in [4.69, 9.17) is 21.9 Å². The number of anilines is 1. The molecule has 0 unspecified atom stereocenters. The molecule has 4 nitrogen and oxygen atoms in total. The third-order valence-corrected chi connectivity index (χ3v) is 3.22. The number of rotatable bonds is 1. The maximum atomic E-state index is 5.99. The molecule has 0 amide bonds. The summed E-state index contributed by atoms with van der Waals surface area (Å²) >= 11 is 7.45. The lowest BCUT2D eigenvalue weighted by atomic mass is 10.3. The third kappa shape index (κ3) is 1.40. The Kier molecular flexibility index (Phi) is 1.97. The predicted molar refractivity (Wildman–Crippen MR) is 51.8 cm³/mol. The molecule has 2 N–H and O–H groups in total. The molecule has 2 heterocycles. The normalized spacial score (nSPS) is 10.6. The topological polar surface area (TPSA) is 64.9 Å². The lowest BCUT2D eigenvalue weighted by Crippen LogP contribution is -1.85. The Morgan fingerprint density at radius 2 is 2.38 bits per heavy atom. The molecule has 0 saturated carbocycles. The van der Waals surface area contributed by atoms with Gasteiger partial charge in [0, 0.05) is 0 Å². The molecule has 0 spiro atoms. The van der Waals surface area contributed by atoms with Crippen molar-refractivity contribution in [2.24, 2.45) is 0 Å². The van der Waals surface area contributed by atoms with E-state index in [2.05, 4.69) is 10.1 Å². The maximum absolute atomic E-state index is 5.99. The number of aryl methyl sites for hydroxylation is 1. The lowest BCUT2D eigenvalue weighted by Gasteiger charge is -1.88. The third-order valence-electron chi connectivity index (χ3n) is 1.54. The number of nitrogens with zero attached hydrogens (tertiary/aromatic N) is 2. The molecule has 0 aromatic carbocycles. The first-order valence-corrected chi connectivity index (χ1v) is 4.77. The van der Waals surface area contributed by atoms with Gasteiger partial charge in [0.25, 0.3) is 11.8 Å². The minimum Gasteiger partial charge on any atom is -0.365 e. The molecule has 0 aliphatic carbocycles. The minimum absolute atomic E-state index is 0.122. The predicted octanol–water partition coefficient (Wildman–Crippen LogP) is 2.34.